The highest BCUT2D eigenvalue weighted by Gasteiger charge is 2.29. The topological polar surface area (TPSA) is 65.5 Å². The first-order valence-electron chi connectivity index (χ1n) is 13.1. The molecule has 0 saturated carbocycles. The van der Waals surface area contributed by atoms with Crippen LogP contribution in [0.2, 0.25) is 10.0 Å². The Morgan fingerprint density at radius 2 is 1.71 bits per heavy atom. The summed E-state index contributed by atoms with van der Waals surface area (Å²) in [5, 5.41) is 3.68. The first-order chi connectivity index (χ1) is 18.2. The molecule has 1 atom stereocenters. The van der Waals surface area contributed by atoms with Gasteiger partial charge in [0.05, 0.1) is 21.7 Å². The lowest BCUT2D eigenvalue weighted by molar-refractivity contribution is 0.0709. The molecule has 8 heteroatoms. The fourth-order valence-corrected chi connectivity index (χ4v) is 6.06. The Kier molecular flexibility index (Phi) is 7.64. The molecule has 2 heterocycles. The van der Waals surface area contributed by atoms with Crippen LogP contribution in [0.15, 0.2) is 48.5 Å². The van der Waals surface area contributed by atoms with Crippen molar-refractivity contribution in [1.82, 2.24) is 15.2 Å². The summed E-state index contributed by atoms with van der Waals surface area (Å²) >= 11 is 12.4. The van der Waals surface area contributed by atoms with E-state index in [1.165, 1.54) is 5.69 Å². The molecule has 198 valence electrons. The number of pyridine rings is 1. The van der Waals surface area contributed by atoms with Crippen LogP contribution in [-0.4, -0.2) is 47.9 Å². The molecule has 1 fully saturated rings. The standard InChI is InChI=1S/C30H32Cl2N4O2/c1-18-15-23(16-19(2)33-18)36-13-11-22(12-14-36)35(3)30(38)21-8-7-20-9-10-27(25(20)17-21)34-29(37)24-5-4-6-26(31)28(24)32/h4-8,15-17,22,27H,9-14H2,1-3H3,(H,34,37). The van der Waals surface area contributed by atoms with Crippen molar-refractivity contribution in [3.8, 4) is 0 Å². The SMILES string of the molecule is Cc1cc(N2CCC(N(C)C(=O)c3ccc4c(c3)C(NC(=O)c3cccc(Cl)c3Cl)CC4)CC2)cc(C)n1. The van der Waals surface area contributed by atoms with Gasteiger partial charge in [-0.3, -0.25) is 14.6 Å². The highest BCUT2D eigenvalue weighted by molar-refractivity contribution is 6.43. The fraction of sp³-hybridized carbons (Fsp3) is 0.367. The number of carbonyl (C=O) groups is 2. The summed E-state index contributed by atoms with van der Waals surface area (Å²) in [7, 11) is 1.90. The maximum absolute atomic E-state index is 13.5. The van der Waals surface area contributed by atoms with E-state index in [4.69, 9.17) is 23.2 Å². The normalized spacial score (nSPS) is 17.3. The molecule has 1 N–H and O–H groups in total. The van der Waals surface area contributed by atoms with Crippen LogP contribution in [0.3, 0.4) is 0 Å². The van der Waals surface area contributed by atoms with Gasteiger partial charge in [-0.05, 0) is 87.1 Å². The Morgan fingerprint density at radius 3 is 2.42 bits per heavy atom. The molecular formula is C30H32Cl2N4O2. The molecule has 1 saturated heterocycles. The van der Waals surface area contributed by atoms with Gasteiger partial charge in [-0.2, -0.15) is 0 Å². The van der Waals surface area contributed by atoms with Gasteiger partial charge >= 0.3 is 0 Å². The Bertz CT molecular complexity index is 1360. The van der Waals surface area contributed by atoms with E-state index in [9.17, 15) is 9.59 Å². The summed E-state index contributed by atoms with van der Waals surface area (Å²) in [5.74, 6) is -0.257. The molecule has 6 nitrogen and oxygen atoms in total. The van der Waals surface area contributed by atoms with Gasteiger partial charge in [0.25, 0.3) is 11.8 Å². The largest absolute Gasteiger partial charge is 0.371 e. The van der Waals surface area contributed by atoms with Crippen molar-refractivity contribution in [2.45, 2.75) is 51.6 Å². The summed E-state index contributed by atoms with van der Waals surface area (Å²) in [6.45, 7) is 5.84. The summed E-state index contributed by atoms with van der Waals surface area (Å²) in [4.78, 5) is 35.2. The molecule has 0 radical (unpaired) electrons. The van der Waals surface area contributed by atoms with E-state index >= 15 is 0 Å². The Labute approximate surface area is 233 Å². The third kappa shape index (κ3) is 5.38. The van der Waals surface area contributed by atoms with Crippen molar-refractivity contribution in [1.29, 1.82) is 0 Å². The van der Waals surface area contributed by atoms with Crippen molar-refractivity contribution < 1.29 is 9.59 Å². The number of hydrogen-bond donors (Lipinski definition) is 1. The lowest BCUT2D eigenvalue weighted by Crippen LogP contribution is -2.45. The number of hydrogen-bond acceptors (Lipinski definition) is 4. The number of aryl methyl sites for hydroxylation is 3. The van der Waals surface area contributed by atoms with Crippen molar-refractivity contribution >= 4 is 40.7 Å². The lowest BCUT2D eigenvalue weighted by Gasteiger charge is -2.38. The van der Waals surface area contributed by atoms with Crippen LogP contribution < -0.4 is 10.2 Å². The van der Waals surface area contributed by atoms with Crippen LogP contribution in [0.4, 0.5) is 5.69 Å². The second kappa shape index (κ2) is 11.0. The number of fused-ring (bicyclic) bond motifs is 1. The van der Waals surface area contributed by atoms with Crippen molar-refractivity contribution in [3.63, 3.8) is 0 Å². The van der Waals surface area contributed by atoms with Gasteiger partial charge in [0.15, 0.2) is 0 Å². The molecule has 1 unspecified atom stereocenters. The van der Waals surface area contributed by atoms with E-state index in [-0.39, 0.29) is 28.9 Å². The van der Waals surface area contributed by atoms with E-state index in [0.29, 0.717) is 16.1 Å². The molecular weight excluding hydrogens is 519 g/mol. The van der Waals surface area contributed by atoms with Gasteiger partial charge in [0, 0.05) is 48.8 Å². The molecule has 2 aromatic carbocycles. The summed E-state index contributed by atoms with van der Waals surface area (Å²) in [6, 6.07) is 15.2. The van der Waals surface area contributed by atoms with Gasteiger partial charge in [-0.15, -0.1) is 0 Å². The minimum atomic E-state index is -0.268. The van der Waals surface area contributed by atoms with Gasteiger partial charge in [-0.25, -0.2) is 0 Å². The average molecular weight is 552 g/mol. The van der Waals surface area contributed by atoms with Crippen LogP contribution in [0.1, 0.15) is 68.5 Å². The quantitative estimate of drug-likeness (QED) is 0.413. The molecule has 2 aliphatic rings. The minimum Gasteiger partial charge on any atom is -0.371 e. The first kappa shape index (κ1) is 26.5. The Hall–Kier alpha value is -3.09. The number of amides is 2. The molecule has 2 amide bonds. The van der Waals surface area contributed by atoms with Gasteiger partial charge in [-0.1, -0.05) is 35.3 Å². The van der Waals surface area contributed by atoms with Gasteiger partial charge < -0.3 is 15.1 Å². The zero-order valence-electron chi connectivity index (χ0n) is 21.9. The number of aromatic nitrogens is 1. The zero-order chi connectivity index (χ0) is 27.0. The van der Waals surface area contributed by atoms with E-state index < -0.39 is 0 Å². The summed E-state index contributed by atoms with van der Waals surface area (Å²) in [5.41, 5.74) is 6.40. The maximum Gasteiger partial charge on any atom is 0.253 e. The van der Waals surface area contributed by atoms with Crippen molar-refractivity contribution in [3.05, 3.63) is 92.2 Å². The lowest BCUT2D eigenvalue weighted by atomic mass is 10.00. The van der Waals surface area contributed by atoms with E-state index in [1.807, 2.05) is 44.0 Å². The number of piperidine rings is 1. The van der Waals surface area contributed by atoms with Crippen LogP contribution in [0.25, 0.3) is 0 Å². The minimum absolute atomic E-state index is 0.0108. The molecule has 3 aromatic rings. The second-order valence-corrected chi connectivity index (χ2v) is 11.1. The second-order valence-electron chi connectivity index (χ2n) is 10.3. The predicted molar refractivity (Wildman–Crippen MR) is 152 cm³/mol. The van der Waals surface area contributed by atoms with Crippen molar-refractivity contribution in [2.24, 2.45) is 0 Å². The predicted octanol–water partition coefficient (Wildman–Crippen LogP) is 6.16. The number of carbonyl (C=O) groups excluding carboxylic acids is 2. The van der Waals surface area contributed by atoms with Gasteiger partial charge in [0.2, 0.25) is 0 Å². The fourth-order valence-electron chi connectivity index (χ4n) is 5.68. The van der Waals surface area contributed by atoms with E-state index in [0.717, 1.165) is 61.3 Å². The summed E-state index contributed by atoms with van der Waals surface area (Å²) < 4.78 is 0. The Morgan fingerprint density at radius 1 is 1.00 bits per heavy atom. The van der Waals surface area contributed by atoms with Crippen LogP contribution >= 0.6 is 23.2 Å². The molecule has 38 heavy (non-hydrogen) atoms. The molecule has 1 aliphatic carbocycles. The number of rotatable bonds is 5. The molecule has 0 spiro atoms. The third-order valence-electron chi connectivity index (χ3n) is 7.74. The molecule has 1 aliphatic heterocycles. The molecule has 5 rings (SSSR count). The maximum atomic E-state index is 13.5. The van der Waals surface area contributed by atoms with Crippen LogP contribution in [0, 0.1) is 13.8 Å². The number of nitrogens with zero attached hydrogens (tertiary/aromatic N) is 3. The Balaban J connectivity index is 1.25. The monoisotopic (exact) mass is 550 g/mol. The molecule has 1 aromatic heterocycles. The third-order valence-corrected chi connectivity index (χ3v) is 8.55. The average Bonchev–Trinajstić information content (AvgIpc) is 3.30. The first-order valence-corrected chi connectivity index (χ1v) is 13.8. The highest BCUT2D eigenvalue weighted by Crippen LogP contribution is 2.34. The highest BCUT2D eigenvalue weighted by atomic mass is 35.5. The van der Waals surface area contributed by atoms with Crippen LogP contribution in [0.5, 0.6) is 0 Å². The number of nitrogens with one attached hydrogen (secondary N) is 1. The smallest absolute Gasteiger partial charge is 0.253 e. The zero-order valence-corrected chi connectivity index (χ0v) is 23.4. The number of benzene rings is 2. The van der Waals surface area contributed by atoms with E-state index in [1.54, 1.807) is 18.2 Å². The van der Waals surface area contributed by atoms with Crippen LogP contribution in [-0.2, 0) is 6.42 Å². The number of halogens is 2. The molecule has 0 bridgehead atoms. The van der Waals surface area contributed by atoms with Gasteiger partial charge in [0.1, 0.15) is 0 Å². The van der Waals surface area contributed by atoms with E-state index in [2.05, 4.69) is 27.3 Å². The number of anilines is 1. The van der Waals surface area contributed by atoms with Crippen molar-refractivity contribution in [2.75, 3.05) is 25.0 Å². The summed E-state index contributed by atoms with van der Waals surface area (Å²) in [6.07, 6.45) is 3.44.